The highest BCUT2D eigenvalue weighted by Gasteiger charge is 2.30. The molecule has 0 aliphatic rings. The van der Waals surface area contributed by atoms with Crippen molar-refractivity contribution in [1.29, 1.82) is 0 Å². The molecule has 0 saturated carbocycles. The minimum Gasteiger partial charge on any atom is -0.508 e. The van der Waals surface area contributed by atoms with Gasteiger partial charge in [0.15, 0.2) is 0 Å². The smallest absolute Gasteiger partial charge is 0.243 e. The molecular formula is C31H47N7O5. The van der Waals surface area contributed by atoms with Gasteiger partial charge in [-0.3, -0.25) is 19.2 Å². The molecule has 43 heavy (non-hydrogen) atoms. The van der Waals surface area contributed by atoms with E-state index < -0.39 is 47.8 Å². The molecule has 2 aromatic rings. The molecule has 0 bridgehead atoms. The Morgan fingerprint density at radius 1 is 0.744 bits per heavy atom. The number of aromatic hydroxyl groups is 1. The van der Waals surface area contributed by atoms with Crippen LogP contribution in [0.3, 0.4) is 0 Å². The van der Waals surface area contributed by atoms with E-state index in [0.717, 1.165) is 22.3 Å². The summed E-state index contributed by atoms with van der Waals surface area (Å²) in [5.74, 6) is -2.32. The number of unbranched alkanes of at least 4 members (excludes halogenated alkanes) is 1. The molecule has 4 amide bonds. The van der Waals surface area contributed by atoms with Crippen LogP contribution in [0, 0.1) is 13.8 Å². The summed E-state index contributed by atoms with van der Waals surface area (Å²) in [7, 11) is 0. The predicted octanol–water partition coefficient (Wildman–Crippen LogP) is -0.0709. The van der Waals surface area contributed by atoms with E-state index >= 15 is 0 Å². The molecule has 236 valence electrons. The molecule has 12 heteroatoms. The first kappa shape index (κ1) is 35.2. The van der Waals surface area contributed by atoms with Crippen LogP contribution in [-0.4, -0.2) is 66.0 Å². The fourth-order valence-electron chi connectivity index (χ4n) is 4.83. The Kier molecular flexibility index (Phi) is 14.6. The van der Waals surface area contributed by atoms with Gasteiger partial charge in [-0.2, -0.15) is 0 Å². The summed E-state index contributed by atoms with van der Waals surface area (Å²) in [5, 5.41) is 18.2. The van der Waals surface area contributed by atoms with Crippen molar-refractivity contribution < 1.29 is 24.3 Å². The van der Waals surface area contributed by atoms with Gasteiger partial charge in [-0.25, -0.2) is 0 Å². The molecule has 12 nitrogen and oxygen atoms in total. The van der Waals surface area contributed by atoms with E-state index in [9.17, 15) is 24.3 Å². The zero-order valence-electron chi connectivity index (χ0n) is 25.1. The first-order chi connectivity index (χ1) is 20.5. The van der Waals surface area contributed by atoms with Gasteiger partial charge < -0.3 is 44.0 Å². The molecular weight excluding hydrogens is 550 g/mol. The Hall–Kier alpha value is -4.00. The molecule has 0 heterocycles. The summed E-state index contributed by atoms with van der Waals surface area (Å²) in [6, 6.07) is 8.29. The third-order valence-corrected chi connectivity index (χ3v) is 7.30. The molecule has 0 spiro atoms. The van der Waals surface area contributed by atoms with Gasteiger partial charge in [0, 0.05) is 12.8 Å². The number of rotatable bonds is 18. The topological polar surface area (TPSA) is 229 Å². The normalized spacial score (nSPS) is 13.8. The summed E-state index contributed by atoms with van der Waals surface area (Å²) < 4.78 is 0. The maximum atomic E-state index is 13.7. The lowest BCUT2D eigenvalue weighted by molar-refractivity contribution is -0.133. The Balaban J connectivity index is 2.31. The SMILES string of the molecule is Cc1cc(O)cc(C)c1C[C@H](NC(=O)[C@H](N)CCCN)C(=O)N[C@@H](CCCCN)C(=O)N[C@@H](Cc1ccccc1)C(N)=O. The number of amides is 4. The molecule has 2 rings (SSSR count). The van der Waals surface area contributed by atoms with Crippen molar-refractivity contribution in [3.05, 3.63) is 64.7 Å². The number of benzene rings is 2. The second-order valence-corrected chi connectivity index (χ2v) is 10.9. The van der Waals surface area contributed by atoms with E-state index in [1.165, 1.54) is 0 Å². The lowest BCUT2D eigenvalue weighted by Crippen LogP contribution is -2.58. The van der Waals surface area contributed by atoms with Gasteiger partial charge in [0.05, 0.1) is 6.04 Å². The number of primary amides is 1. The van der Waals surface area contributed by atoms with Crippen LogP contribution in [0.1, 0.15) is 54.4 Å². The van der Waals surface area contributed by atoms with Crippen molar-refractivity contribution >= 4 is 23.6 Å². The summed E-state index contributed by atoms with van der Waals surface area (Å²) in [4.78, 5) is 52.4. The van der Waals surface area contributed by atoms with E-state index in [2.05, 4.69) is 16.0 Å². The Morgan fingerprint density at radius 3 is 1.88 bits per heavy atom. The second kappa shape index (κ2) is 17.8. The van der Waals surface area contributed by atoms with Gasteiger partial charge >= 0.3 is 0 Å². The van der Waals surface area contributed by atoms with E-state index in [-0.39, 0.29) is 25.0 Å². The number of hydrogen-bond acceptors (Lipinski definition) is 8. The van der Waals surface area contributed by atoms with E-state index in [0.29, 0.717) is 38.8 Å². The lowest BCUT2D eigenvalue weighted by Gasteiger charge is -2.26. The van der Waals surface area contributed by atoms with Crippen LogP contribution in [0.2, 0.25) is 0 Å². The minimum atomic E-state index is -1.08. The highest BCUT2D eigenvalue weighted by atomic mass is 16.3. The van der Waals surface area contributed by atoms with Crippen LogP contribution in [0.25, 0.3) is 0 Å². The summed E-state index contributed by atoms with van der Waals surface area (Å²) in [6.07, 6.45) is 2.55. The quantitative estimate of drug-likeness (QED) is 0.108. The van der Waals surface area contributed by atoms with Gasteiger partial charge in [0.2, 0.25) is 23.6 Å². The zero-order chi connectivity index (χ0) is 31.9. The van der Waals surface area contributed by atoms with Crippen molar-refractivity contribution in [2.75, 3.05) is 13.1 Å². The van der Waals surface area contributed by atoms with Crippen molar-refractivity contribution in [3.63, 3.8) is 0 Å². The van der Waals surface area contributed by atoms with Gasteiger partial charge in [-0.1, -0.05) is 30.3 Å². The average molecular weight is 598 g/mol. The van der Waals surface area contributed by atoms with Crippen LogP contribution in [0.5, 0.6) is 5.75 Å². The number of phenolic OH excluding ortho intramolecular Hbond substituents is 1. The molecule has 4 atom stereocenters. The van der Waals surface area contributed by atoms with E-state index in [1.54, 1.807) is 26.0 Å². The Bertz CT molecular complexity index is 1200. The monoisotopic (exact) mass is 597 g/mol. The van der Waals surface area contributed by atoms with Crippen LogP contribution in [0.15, 0.2) is 42.5 Å². The van der Waals surface area contributed by atoms with Gasteiger partial charge in [0.25, 0.3) is 0 Å². The van der Waals surface area contributed by atoms with E-state index in [1.807, 2.05) is 30.3 Å². The standard InChI is InChI=1S/C31H47N7O5/c1-19-15-22(39)16-20(2)23(19)18-27(38-29(41)24(34)11-8-14-33)31(43)36-25(12-6-7-13-32)30(42)37-26(28(35)40)17-21-9-4-3-5-10-21/h3-5,9-10,15-16,24-27,39H,6-8,11-14,17-18,32-34H2,1-2H3,(H2,35,40)(H,36,43)(H,37,42)(H,38,41)/t24-,25+,26+,27+/m1/s1. The molecule has 0 saturated heterocycles. The maximum absolute atomic E-state index is 13.7. The van der Waals surface area contributed by atoms with Crippen LogP contribution < -0.4 is 38.9 Å². The number of hydrogen-bond donors (Lipinski definition) is 8. The maximum Gasteiger partial charge on any atom is 0.243 e. The molecule has 0 aliphatic heterocycles. The van der Waals surface area contributed by atoms with Crippen molar-refractivity contribution in [2.24, 2.45) is 22.9 Å². The molecule has 0 radical (unpaired) electrons. The highest BCUT2D eigenvalue weighted by molar-refractivity contribution is 5.94. The molecule has 0 aliphatic carbocycles. The second-order valence-electron chi connectivity index (χ2n) is 10.9. The third kappa shape index (κ3) is 11.7. The predicted molar refractivity (Wildman–Crippen MR) is 166 cm³/mol. The fraction of sp³-hybridized carbons (Fsp3) is 0.484. The Morgan fingerprint density at radius 2 is 1.30 bits per heavy atom. The fourth-order valence-corrected chi connectivity index (χ4v) is 4.83. The third-order valence-electron chi connectivity index (χ3n) is 7.30. The molecule has 0 fully saturated rings. The minimum absolute atomic E-state index is 0.0868. The number of phenols is 1. The Labute approximate surface area is 253 Å². The summed E-state index contributed by atoms with van der Waals surface area (Å²) in [6.45, 7) is 4.36. The number of aryl methyl sites for hydroxylation is 2. The largest absolute Gasteiger partial charge is 0.508 e. The van der Waals surface area contributed by atoms with Crippen molar-refractivity contribution in [3.8, 4) is 5.75 Å². The van der Waals surface area contributed by atoms with Crippen molar-refractivity contribution in [2.45, 2.75) is 83.0 Å². The zero-order valence-corrected chi connectivity index (χ0v) is 25.1. The molecule has 12 N–H and O–H groups in total. The summed E-state index contributed by atoms with van der Waals surface area (Å²) in [5.41, 5.74) is 25.9. The van der Waals surface area contributed by atoms with E-state index in [4.69, 9.17) is 22.9 Å². The van der Waals surface area contributed by atoms with Crippen LogP contribution in [0.4, 0.5) is 0 Å². The number of carbonyl (C=O) groups excluding carboxylic acids is 4. The first-order valence-corrected chi connectivity index (χ1v) is 14.7. The van der Waals surface area contributed by atoms with Crippen LogP contribution >= 0.6 is 0 Å². The molecule has 0 unspecified atom stereocenters. The lowest BCUT2D eigenvalue weighted by atomic mass is 9.95. The van der Waals surface area contributed by atoms with Gasteiger partial charge in [-0.05, 0) is 93.4 Å². The molecule has 0 aromatic heterocycles. The summed E-state index contributed by atoms with van der Waals surface area (Å²) >= 11 is 0. The molecule has 2 aromatic carbocycles. The average Bonchev–Trinajstić information content (AvgIpc) is 2.96. The van der Waals surface area contributed by atoms with Crippen LogP contribution in [-0.2, 0) is 32.0 Å². The van der Waals surface area contributed by atoms with Crippen molar-refractivity contribution in [1.82, 2.24) is 16.0 Å². The number of nitrogens with two attached hydrogens (primary N) is 4. The first-order valence-electron chi connectivity index (χ1n) is 14.7. The highest BCUT2D eigenvalue weighted by Crippen LogP contribution is 2.22. The van der Waals surface area contributed by atoms with Gasteiger partial charge in [0.1, 0.15) is 23.9 Å². The van der Waals surface area contributed by atoms with Gasteiger partial charge in [-0.15, -0.1) is 0 Å². The number of nitrogens with one attached hydrogen (secondary N) is 3. The number of carbonyl (C=O) groups is 4.